The standard InChI is InChI=1S/C24H17F3N4O2S/c25-24(26,27)17-12-10-16(11-13-17)14-28-30-21(32)15-34-23-29-20-9-5-4-8-19(20)22(33)31(23)18-6-2-1-3-7-18/h1-14H,15H2,(H,30,32)/b28-14+. The van der Waals surface area contributed by atoms with Gasteiger partial charge in [0.1, 0.15) is 0 Å². The van der Waals surface area contributed by atoms with Crippen LogP contribution in [0.3, 0.4) is 0 Å². The zero-order chi connectivity index (χ0) is 24.1. The van der Waals surface area contributed by atoms with Gasteiger partial charge in [0.05, 0.1) is 34.1 Å². The summed E-state index contributed by atoms with van der Waals surface area (Å²) in [6.45, 7) is 0. The maximum atomic E-state index is 13.1. The molecule has 0 unspecified atom stereocenters. The van der Waals surface area contributed by atoms with Gasteiger partial charge in [0.2, 0.25) is 0 Å². The lowest BCUT2D eigenvalue weighted by Crippen LogP contribution is -2.24. The van der Waals surface area contributed by atoms with E-state index in [-0.39, 0.29) is 11.3 Å². The Hall–Kier alpha value is -3.92. The van der Waals surface area contributed by atoms with Gasteiger partial charge in [0, 0.05) is 0 Å². The summed E-state index contributed by atoms with van der Waals surface area (Å²) in [7, 11) is 0. The van der Waals surface area contributed by atoms with Crippen LogP contribution in [0, 0.1) is 0 Å². The highest BCUT2D eigenvalue weighted by atomic mass is 32.2. The van der Waals surface area contributed by atoms with Crippen molar-refractivity contribution in [1.29, 1.82) is 0 Å². The summed E-state index contributed by atoms with van der Waals surface area (Å²) < 4.78 is 39.3. The number of amides is 1. The van der Waals surface area contributed by atoms with Crippen molar-refractivity contribution < 1.29 is 18.0 Å². The van der Waals surface area contributed by atoms with Gasteiger partial charge >= 0.3 is 6.18 Å². The molecule has 0 aliphatic heterocycles. The van der Waals surface area contributed by atoms with Crippen molar-refractivity contribution in [3.63, 3.8) is 0 Å². The van der Waals surface area contributed by atoms with Crippen LogP contribution in [0.2, 0.25) is 0 Å². The fourth-order valence-corrected chi connectivity index (χ4v) is 3.92. The minimum Gasteiger partial charge on any atom is -0.272 e. The number of alkyl halides is 3. The number of para-hydroxylation sites is 2. The van der Waals surface area contributed by atoms with Gasteiger partial charge in [-0.3, -0.25) is 14.2 Å². The van der Waals surface area contributed by atoms with Crippen LogP contribution >= 0.6 is 11.8 Å². The molecule has 10 heteroatoms. The largest absolute Gasteiger partial charge is 0.416 e. The van der Waals surface area contributed by atoms with Gasteiger partial charge in [-0.15, -0.1) is 0 Å². The van der Waals surface area contributed by atoms with Gasteiger partial charge < -0.3 is 0 Å². The monoisotopic (exact) mass is 482 g/mol. The van der Waals surface area contributed by atoms with Crippen LogP contribution in [0.5, 0.6) is 0 Å². The minimum atomic E-state index is -4.42. The molecule has 1 aromatic heterocycles. The van der Waals surface area contributed by atoms with Crippen LogP contribution in [0.1, 0.15) is 11.1 Å². The van der Waals surface area contributed by atoms with E-state index in [1.54, 1.807) is 48.5 Å². The first-order chi connectivity index (χ1) is 16.3. The Morgan fingerprint density at radius 3 is 2.38 bits per heavy atom. The molecule has 1 amide bonds. The SMILES string of the molecule is O=C(CSc1nc2ccccc2c(=O)n1-c1ccccc1)N/N=C/c1ccc(C(F)(F)F)cc1. The number of nitrogens with one attached hydrogen (secondary N) is 1. The second-order valence-electron chi connectivity index (χ2n) is 7.09. The summed E-state index contributed by atoms with van der Waals surface area (Å²) in [6, 6.07) is 20.3. The number of fused-ring (bicyclic) bond motifs is 1. The van der Waals surface area contributed by atoms with Crippen molar-refractivity contribution in [2.24, 2.45) is 5.10 Å². The first-order valence-electron chi connectivity index (χ1n) is 10.0. The summed E-state index contributed by atoms with van der Waals surface area (Å²) in [5.41, 5.74) is 2.85. The summed E-state index contributed by atoms with van der Waals surface area (Å²) in [6.07, 6.45) is -3.17. The Balaban J connectivity index is 1.48. The molecule has 6 nitrogen and oxygen atoms in total. The molecule has 0 saturated carbocycles. The molecular weight excluding hydrogens is 465 g/mol. The number of aromatic nitrogens is 2. The maximum Gasteiger partial charge on any atom is 0.416 e. The number of carbonyl (C=O) groups is 1. The summed E-state index contributed by atoms with van der Waals surface area (Å²) in [5.74, 6) is -0.544. The fraction of sp³-hybridized carbons (Fsp3) is 0.0833. The smallest absolute Gasteiger partial charge is 0.272 e. The van der Waals surface area contributed by atoms with Crippen LogP contribution in [-0.2, 0) is 11.0 Å². The third-order valence-electron chi connectivity index (χ3n) is 4.73. The molecular formula is C24H17F3N4O2S. The van der Waals surface area contributed by atoms with Crippen LogP contribution in [0.15, 0.2) is 93.9 Å². The topological polar surface area (TPSA) is 76.3 Å². The van der Waals surface area contributed by atoms with Crippen molar-refractivity contribution >= 4 is 34.8 Å². The van der Waals surface area contributed by atoms with Gasteiger partial charge in [-0.05, 0) is 42.0 Å². The van der Waals surface area contributed by atoms with Crippen LogP contribution < -0.4 is 11.0 Å². The van der Waals surface area contributed by atoms with Crippen LogP contribution in [-0.4, -0.2) is 27.4 Å². The van der Waals surface area contributed by atoms with Gasteiger partial charge in [0.15, 0.2) is 5.16 Å². The summed E-state index contributed by atoms with van der Waals surface area (Å²) >= 11 is 1.07. The Kier molecular flexibility index (Phi) is 6.78. The van der Waals surface area contributed by atoms with E-state index in [0.717, 1.165) is 23.9 Å². The van der Waals surface area contributed by atoms with Crippen molar-refractivity contribution in [2.75, 3.05) is 5.75 Å². The number of hydrazone groups is 1. The molecule has 0 atom stereocenters. The molecule has 0 spiro atoms. The number of hydrogen-bond donors (Lipinski definition) is 1. The first-order valence-corrected chi connectivity index (χ1v) is 11.0. The lowest BCUT2D eigenvalue weighted by Gasteiger charge is -2.12. The highest BCUT2D eigenvalue weighted by molar-refractivity contribution is 7.99. The molecule has 1 heterocycles. The average Bonchev–Trinajstić information content (AvgIpc) is 2.83. The number of carbonyl (C=O) groups excluding carboxylic acids is 1. The lowest BCUT2D eigenvalue weighted by molar-refractivity contribution is -0.137. The van der Waals surface area contributed by atoms with Gasteiger partial charge in [-0.25, -0.2) is 10.4 Å². The number of thioether (sulfide) groups is 1. The lowest BCUT2D eigenvalue weighted by atomic mass is 10.1. The van der Waals surface area contributed by atoms with Crippen molar-refractivity contribution in [2.45, 2.75) is 11.3 Å². The zero-order valence-corrected chi connectivity index (χ0v) is 18.3. The minimum absolute atomic E-state index is 0.0814. The van der Waals surface area contributed by atoms with E-state index in [2.05, 4.69) is 15.5 Å². The van der Waals surface area contributed by atoms with Gasteiger partial charge in [-0.2, -0.15) is 18.3 Å². The van der Waals surface area contributed by atoms with Crippen LogP contribution in [0.25, 0.3) is 16.6 Å². The predicted octanol–water partition coefficient (Wildman–Crippen LogP) is 4.65. The third-order valence-corrected chi connectivity index (χ3v) is 5.67. The van der Waals surface area contributed by atoms with Gasteiger partial charge in [-0.1, -0.05) is 54.2 Å². The number of rotatable bonds is 6. The second kappa shape index (κ2) is 9.92. The Labute approximate surface area is 196 Å². The van der Waals surface area contributed by atoms with Crippen molar-refractivity contribution in [1.82, 2.24) is 15.0 Å². The maximum absolute atomic E-state index is 13.1. The molecule has 0 fully saturated rings. The number of benzene rings is 3. The van der Waals surface area contributed by atoms with E-state index in [9.17, 15) is 22.8 Å². The quantitative estimate of drug-likeness (QED) is 0.188. The average molecular weight is 482 g/mol. The molecule has 0 saturated heterocycles. The van der Waals surface area contributed by atoms with E-state index in [4.69, 9.17) is 0 Å². The Morgan fingerprint density at radius 1 is 1.00 bits per heavy atom. The predicted molar refractivity (Wildman–Crippen MR) is 125 cm³/mol. The Bertz CT molecular complexity index is 1400. The number of halogens is 3. The van der Waals surface area contributed by atoms with Crippen molar-refractivity contribution in [3.05, 3.63) is 100 Å². The van der Waals surface area contributed by atoms with Crippen molar-refractivity contribution in [3.8, 4) is 5.69 Å². The molecule has 4 aromatic rings. The first kappa shape index (κ1) is 23.2. The second-order valence-corrected chi connectivity index (χ2v) is 8.03. The highest BCUT2D eigenvalue weighted by Gasteiger charge is 2.29. The normalized spacial score (nSPS) is 11.7. The van der Waals surface area contributed by atoms with E-state index in [1.165, 1.54) is 22.9 Å². The molecule has 0 aliphatic rings. The van der Waals surface area contributed by atoms with E-state index < -0.39 is 17.6 Å². The number of nitrogens with zero attached hydrogens (tertiary/aromatic N) is 3. The number of hydrogen-bond acceptors (Lipinski definition) is 5. The van der Waals surface area contributed by atoms with E-state index >= 15 is 0 Å². The van der Waals surface area contributed by atoms with Crippen LogP contribution in [0.4, 0.5) is 13.2 Å². The van der Waals surface area contributed by atoms with E-state index in [0.29, 0.717) is 27.3 Å². The third kappa shape index (κ3) is 5.34. The highest BCUT2D eigenvalue weighted by Crippen LogP contribution is 2.28. The molecule has 172 valence electrons. The molecule has 0 radical (unpaired) electrons. The molecule has 34 heavy (non-hydrogen) atoms. The fourth-order valence-electron chi connectivity index (χ4n) is 3.11. The van der Waals surface area contributed by atoms with E-state index in [1.807, 2.05) is 6.07 Å². The molecule has 0 bridgehead atoms. The summed E-state index contributed by atoms with van der Waals surface area (Å²) in [5, 5.41) is 4.59. The molecule has 3 aromatic carbocycles. The molecule has 4 rings (SSSR count). The molecule has 1 N–H and O–H groups in total. The van der Waals surface area contributed by atoms with Gasteiger partial charge in [0.25, 0.3) is 11.5 Å². The Morgan fingerprint density at radius 2 is 1.68 bits per heavy atom. The summed E-state index contributed by atoms with van der Waals surface area (Å²) in [4.78, 5) is 30.0. The molecule has 0 aliphatic carbocycles. The zero-order valence-electron chi connectivity index (χ0n) is 17.5.